The first-order chi connectivity index (χ1) is 6.61. The lowest BCUT2D eigenvalue weighted by Crippen LogP contribution is -2.26. The molecule has 0 bridgehead atoms. The fraction of sp³-hybridized carbons (Fsp3) is 0.600. The zero-order valence-electron chi connectivity index (χ0n) is 8.95. The molecule has 14 heavy (non-hydrogen) atoms. The van der Waals surface area contributed by atoms with Crippen LogP contribution in [-0.4, -0.2) is 27.9 Å². The van der Waals surface area contributed by atoms with Crippen molar-refractivity contribution in [1.82, 2.24) is 14.9 Å². The standard InChI is InChI=1S/C10H17N3O/c1-8(2)11-5-4-9(14)10-12-6-7-13(10)3/h6-8,11H,4-5H2,1-3H3. The molecule has 4 heteroatoms. The Hall–Kier alpha value is -1.16. The maximum atomic E-state index is 11.6. The first kappa shape index (κ1) is 10.9. The average Bonchev–Trinajstić information content (AvgIpc) is 2.50. The molecule has 0 aliphatic rings. The summed E-state index contributed by atoms with van der Waals surface area (Å²) in [5, 5.41) is 3.20. The number of carbonyl (C=O) groups is 1. The van der Waals surface area contributed by atoms with Gasteiger partial charge in [0.05, 0.1) is 0 Å². The molecule has 0 radical (unpaired) electrons. The third kappa shape index (κ3) is 2.96. The van der Waals surface area contributed by atoms with Gasteiger partial charge in [0.15, 0.2) is 11.6 Å². The van der Waals surface area contributed by atoms with Gasteiger partial charge in [-0.1, -0.05) is 13.8 Å². The number of Topliss-reactive ketones (excluding diaryl/α,β-unsaturated/α-hetero) is 1. The Morgan fingerprint density at radius 3 is 2.86 bits per heavy atom. The molecule has 0 spiro atoms. The van der Waals surface area contributed by atoms with Gasteiger partial charge >= 0.3 is 0 Å². The van der Waals surface area contributed by atoms with E-state index in [1.165, 1.54) is 0 Å². The molecule has 0 aliphatic carbocycles. The number of rotatable bonds is 5. The smallest absolute Gasteiger partial charge is 0.199 e. The summed E-state index contributed by atoms with van der Waals surface area (Å²) in [6, 6.07) is 0.421. The second kappa shape index (κ2) is 4.91. The van der Waals surface area contributed by atoms with Crippen molar-refractivity contribution in [2.75, 3.05) is 6.54 Å². The maximum absolute atomic E-state index is 11.6. The van der Waals surface area contributed by atoms with Crippen molar-refractivity contribution >= 4 is 5.78 Å². The van der Waals surface area contributed by atoms with E-state index >= 15 is 0 Å². The van der Waals surface area contributed by atoms with Crippen LogP contribution in [0.3, 0.4) is 0 Å². The van der Waals surface area contributed by atoms with Crippen molar-refractivity contribution in [1.29, 1.82) is 0 Å². The lowest BCUT2D eigenvalue weighted by molar-refractivity contribution is 0.0969. The maximum Gasteiger partial charge on any atom is 0.199 e. The minimum Gasteiger partial charge on any atom is -0.332 e. The lowest BCUT2D eigenvalue weighted by atomic mass is 10.2. The number of hydrogen-bond acceptors (Lipinski definition) is 3. The fourth-order valence-electron chi connectivity index (χ4n) is 1.22. The van der Waals surface area contributed by atoms with Gasteiger partial charge in [-0.15, -0.1) is 0 Å². The molecule has 0 fully saturated rings. The molecule has 0 saturated carbocycles. The Morgan fingerprint density at radius 1 is 1.64 bits per heavy atom. The quantitative estimate of drug-likeness (QED) is 0.713. The van der Waals surface area contributed by atoms with Gasteiger partial charge in [-0.25, -0.2) is 4.98 Å². The number of aryl methyl sites for hydroxylation is 1. The summed E-state index contributed by atoms with van der Waals surface area (Å²) in [6.45, 7) is 4.83. The molecule has 1 heterocycles. The number of nitrogens with one attached hydrogen (secondary N) is 1. The van der Waals surface area contributed by atoms with Crippen LogP contribution in [0.2, 0.25) is 0 Å². The Bertz CT molecular complexity index is 304. The van der Waals surface area contributed by atoms with Crippen LogP contribution in [-0.2, 0) is 7.05 Å². The molecule has 0 unspecified atom stereocenters. The van der Waals surface area contributed by atoms with Crippen LogP contribution in [0.5, 0.6) is 0 Å². The topological polar surface area (TPSA) is 46.9 Å². The van der Waals surface area contributed by atoms with Crippen LogP contribution >= 0.6 is 0 Å². The highest BCUT2D eigenvalue weighted by Gasteiger charge is 2.09. The second-order valence-electron chi connectivity index (χ2n) is 3.64. The molecule has 0 aliphatic heterocycles. The Balaban J connectivity index is 2.40. The van der Waals surface area contributed by atoms with E-state index < -0.39 is 0 Å². The monoisotopic (exact) mass is 195 g/mol. The van der Waals surface area contributed by atoms with Crippen molar-refractivity contribution in [2.24, 2.45) is 7.05 Å². The van der Waals surface area contributed by atoms with Gasteiger partial charge in [-0.3, -0.25) is 4.79 Å². The van der Waals surface area contributed by atoms with Gasteiger partial charge in [0.25, 0.3) is 0 Å². The van der Waals surface area contributed by atoms with Gasteiger partial charge in [0.1, 0.15) is 0 Å². The highest BCUT2D eigenvalue weighted by atomic mass is 16.1. The van der Waals surface area contributed by atoms with Crippen molar-refractivity contribution in [2.45, 2.75) is 26.3 Å². The van der Waals surface area contributed by atoms with Crippen molar-refractivity contribution in [3.05, 3.63) is 18.2 Å². The predicted molar refractivity (Wildman–Crippen MR) is 55.3 cm³/mol. The molecule has 78 valence electrons. The van der Waals surface area contributed by atoms with E-state index in [-0.39, 0.29) is 5.78 Å². The van der Waals surface area contributed by atoms with E-state index in [9.17, 15) is 4.79 Å². The number of carbonyl (C=O) groups excluding carboxylic acids is 1. The first-order valence-electron chi connectivity index (χ1n) is 4.85. The number of nitrogens with zero attached hydrogens (tertiary/aromatic N) is 2. The highest BCUT2D eigenvalue weighted by molar-refractivity contribution is 5.92. The summed E-state index contributed by atoms with van der Waals surface area (Å²) in [5.74, 6) is 0.626. The van der Waals surface area contributed by atoms with Crippen LogP contribution in [0.4, 0.5) is 0 Å². The van der Waals surface area contributed by atoms with Crippen LogP contribution in [0.15, 0.2) is 12.4 Å². The summed E-state index contributed by atoms with van der Waals surface area (Å²) in [5.41, 5.74) is 0. The molecule has 4 nitrogen and oxygen atoms in total. The summed E-state index contributed by atoms with van der Waals surface area (Å²) >= 11 is 0. The SMILES string of the molecule is CC(C)NCCC(=O)c1nccn1C. The summed E-state index contributed by atoms with van der Waals surface area (Å²) in [6.07, 6.45) is 3.93. The second-order valence-corrected chi connectivity index (χ2v) is 3.64. The number of imidazole rings is 1. The summed E-state index contributed by atoms with van der Waals surface area (Å²) in [7, 11) is 1.83. The van der Waals surface area contributed by atoms with E-state index in [1.54, 1.807) is 17.0 Å². The van der Waals surface area contributed by atoms with Gasteiger partial charge in [-0.05, 0) is 0 Å². The van der Waals surface area contributed by atoms with Crippen LogP contribution in [0.25, 0.3) is 0 Å². The fourth-order valence-corrected chi connectivity index (χ4v) is 1.22. The molecule has 1 aromatic heterocycles. The minimum atomic E-state index is 0.0886. The molecule has 1 aromatic rings. The predicted octanol–water partition coefficient (Wildman–Crippen LogP) is 0.991. The van der Waals surface area contributed by atoms with Gasteiger partial charge < -0.3 is 9.88 Å². The molecule has 1 rings (SSSR count). The Kier molecular flexibility index (Phi) is 3.83. The van der Waals surface area contributed by atoms with Crippen molar-refractivity contribution in [3.63, 3.8) is 0 Å². The zero-order valence-corrected chi connectivity index (χ0v) is 8.95. The first-order valence-corrected chi connectivity index (χ1v) is 4.85. The summed E-state index contributed by atoms with van der Waals surface area (Å²) in [4.78, 5) is 15.6. The van der Waals surface area contributed by atoms with Crippen molar-refractivity contribution < 1.29 is 4.79 Å². The van der Waals surface area contributed by atoms with Crippen LogP contribution in [0, 0.1) is 0 Å². The Labute approximate surface area is 84.3 Å². The van der Waals surface area contributed by atoms with E-state index in [4.69, 9.17) is 0 Å². The normalized spacial score (nSPS) is 10.9. The molecule has 0 saturated heterocycles. The third-order valence-electron chi connectivity index (χ3n) is 1.98. The Morgan fingerprint density at radius 2 is 2.36 bits per heavy atom. The van der Waals surface area contributed by atoms with Gasteiger partial charge in [-0.2, -0.15) is 0 Å². The van der Waals surface area contributed by atoms with Crippen LogP contribution in [0.1, 0.15) is 30.9 Å². The molecule has 1 N–H and O–H groups in total. The molecular formula is C10H17N3O. The van der Waals surface area contributed by atoms with Gasteiger partial charge in [0, 0.05) is 38.4 Å². The van der Waals surface area contributed by atoms with Crippen molar-refractivity contribution in [3.8, 4) is 0 Å². The minimum absolute atomic E-state index is 0.0886. The van der Waals surface area contributed by atoms with E-state index in [0.29, 0.717) is 24.8 Å². The lowest BCUT2D eigenvalue weighted by Gasteiger charge is -2.06. The van der Waals surface area contributed by atoms with Gasteiger partial charge in [0.2, 0.25) is 0 Å². The number of ketones is 1. The number of hydrogen-bond donors (Lipinski definition) is 1. The number of aromatic nitrogens is 2. The van der Waals surface area contributed by atoms with E-state index in [0.717, 1.165) is 0 Å². The van der Waals surface area contributed by atoms with E-state index in [1.807, 2.05) is 7.05 Å². The van der Waals surface area contributed by atoms with Crippen LogP contribution < -0.4 is 5.32 Å². The molecule has 0 atom stereocenters. The molecular weight excluding hydrogens is 178 g/mol. The zero-order chi connectivity index (χ0) is 10.6. The molecule has 0 aromatic carbocycles. The average molecular weight is 195 g/mol. The van der Waals surface area contributed by atoms with E-state index in [2.05, 4.69) is 24.1 Å². The highest BCUT2D eigenvalue weighted by Crippen LogP contribution is 1.98. The summed E-state index contributed by atoms with van der Waals surface area (Å²) < 4.78 is 1.75. The molecule has 0 amide bonds. The third-order valence-corrected chi connectivity index (χ3v) is 1.98. The largest absolute Gasteiger partial charge is 0.332 e.